The second-order valence-corrected chi connectivity index (χ2v) is 5.53. The highest BCUT2D eigenvalue weighted by Crippen LogP contribution is 2.28. The summed E-state index contributed by atoms with van der Waals surface area (Å²) in [5.41, 5.74) is 2.11. The molecule has 0 aliphatic carbocycles. The molecule has 0 fully saturated rings. The lowest BCUT2D eigenvalue weighted by molar-refractivity contribution is 0.480. The molecule has 0 radical (unpaired) electrons. The van der Waals surface area contributed by atoms with Gasteiger partial charge in [0.2, 0.25) is 0 Å². The Morgan fingerprint density at radius 1 is 1.19 bits per heavy atom. The van der Waals surface area contributed by atoms with Gasteiger partial charge in [0.1, 0.15) is 0 Å². The van der Waals surface area contributed by atoms with Gasteiger partial charge in [-0.15, -0.1) is 0 Å². The van der Waals surface area contributed by atoms with Crippen molar-refractivity contribution in [1.82, 2.24) is 5.32 Å². The zero-order chi connectivity index (χ0) is 15.4. The molecule has 2 rings (SSSR count). The Kier molecular flexibility index (Phi) is 5.32. The first-order chi connectivity index (χ1) is 10.0. The van der Waals surface area contributed by atoms with Crippen molar-refractivity contribution in [3.05, 3.63) is 69.7 Å². The topological polar surface area (TPSA) is 12.0 Å². The molecule has 0 spiro atoms. The van der Waals surface area contributed by atoms with Gasteiger partial charge in [-0.3, -0.25) is 0 Å². The van der Waals surface area contributed by atoms with Crippen LogP contribution >= 0.6 is 11.6 Å². The molecule has 0 saturated heterocycles. The second-order valence-electron chi connectivity index (χ2n) is 5.09. The van der Waals surface area contributed by atoms with Crippen molar-refractivity contribution in [2.24, 2.45) is 0 Å². The van der Waals surface area contributed by atoms with Crippen LogP contribution in [0.3, 0.4) is 0 Å². The van der Waals surface area contributed by atoms with Crippen LogP contribution in [0.1, 0.15) is 36.1 Å². The van der Waals surface area contributed by atoms with Gasteiger partial charge >= 0.3 is 0 Å². The van der Waals surface area contributed by atoms with Gasteiger partial charge in [-0.1, -0.05) is 36.7 Å². The number of hydrogen-bond donors (Lipinski definition) is 1. The van der Waals surface area contributed by atoms with Gasteiger partial charge in [0, 0.05) is 10.6 Å². The molecule has 0 aliphatic heterocycles. The number of aryl methyl sites for hydroxylation is 1. The van der Waals surface area contributed by atoms with Crippen molar-refractivity contribution in [2.75, 3.05) is 6.54 Å². The van der Waals surface area contributed by atoms with E-state index in [1.165, 1.54) is 6.07 Å². The molecule has 2 aromatic rings. The van der Waals surface area contributed by atoms with E-state index in [-0.39, 0.29) is 0 Å². The molecule has 1 nitrogen and oxygen atoms in total. The first kappa shape index (κ1) is 15.9. The van der Waals surface area contributed by atoms with E-state index >= 15 is 0 Å². The van der Waals surface area contributed by atoms with Crippen LogP contribution in [0.5, 0.6) is 0 Å². The van der Waals surface area contributed by atoms with Crippen LogP contribution < -0.4 is 5.32 Å². The van der Waals surface area contributed by atoms with E-state index in [4.69, 9.17) is 11.6 Å². The molecule has 0 aromatic heterocycles. The van der Waals surface area contributed by atoms with E-state index in [0.717, 1.165) is 23.6 Å². The molecule has 0 amide bonds. The predicted octanol–water partition coefficient (Wildman–Crippen LogP) is 5.02. The summed E-state index contributed by atoms with van der Waals surface area (Å²) >= 11 is 6.09. The molecular weight excluding hydrogens is 292 g/mol. The Hall–Kier alpha value is -1.45. The second kappa shape index (κ2) is 7.01. The minimum atomic E-state index is -0.838. The SMILES string of the molecule is CCCNC(c1cc(C)cc(Cl)c1)c1cccc(F)c1F. The average molecular weight is 310 g/mol. The summed E-state index contributed by atoms with van der Waals surface area (Å²) in [4.78, 5) is 0. The monoisotopic (exact) mass is 309 g/mol. The summed E-state index contributed by atoms with van der Waals surface area (Å²) in [5, 5.41) is 3.85. The minimum absolute atomic E-state index is 0.296. The highest BCUT2D eigenvalue weighted by Gasteiger charge is 2.20. The lowest BCUT2D eigenvalue weighted by atomic mass is 9.96. The van der Waals surface area contributed by atoms with Crippen molar-refractivity contribution < 1.29 is 8.78 Å². The van der Waals surface area contributed by atoms with Crippen molar-refractivity contribution in [2.45, 2.75) is 26.3 Å². The quantitative estimate of drug-likeness (QED) is 0.818. The summed E-state index contributed by atoms with van der Waals surface area (Å²) < 4.78 is 27.6. The maximum Gasteiger partial charge on any atom is 0.163 e. The van der Waals surface area contributed by atoms with Gasteiger partial charge in [-0.25, -0.2) is 8.78 Å². The smallest absolute Gasteiger partial charge is 0.163 e. The van der Waals surface area contributed by atoms with Crippen molar-refractivity contribution >= 4 is 11.6 Å². The lowest BCUT2D eigenvalue weighted by Crippen LogP contribution is -2.24. The summed E-state index contributed by atoms with van der Waals surface area (Å²) in [6.07, 6.45) is 0.896. The first-order valence-electron chi connectivity index (χ1n) is 6.97. The molecule has 1 unspecified atom stereocenters. The fourth-order valence-electron chi connectivity index (χ4n) is 2.37. The Balaban J connectivity index is 2.49. The molecule has 4 heteroatoms. The maximum absolute atomic E-state index is 14.1. The van der Waals surface area contributed by atoms with Gasteiger partial charge in [-0.05, 0) is 49.2 Å². The fraction of sp³-hybridized carbons (Fsp3) is 0.294. The molecule has 2 aromatic carbocycles. The molecule has 0 saturated carbocycles. The molecule has 112 valence electrons. The van der Waals surface area contributed by atoms with E-state index in [9.17, 15) is 8.78 Å². The Labute approximate surface area is 128 Å². The molecule has 0 heterocycles. The number of halogens is 3. The maximum atomic E-state index is 14.1. The van der Waals surface area contributed by atoms with E-state index in [2.05, 4.69) is 5.32 Å². The van der Waals surface area contributed by atoms with Gasteiger partial charge in [0.15, 0.2) is 11.6 Å². The third-order valence-electron chi connectivity index (χ3n) is 3.29. The van der Waals surface area contributed by atoms with Crippen LogP contribution in [0.2, 0.25) is 5.02 Å². The molecule has 1 N–H and O–H groups in total. The number of benzene rings is 2. The summed E-state index contributed by atoms with van der Waals surface area (Å²) in [7, 11) is 0. The summed E-state index contributed by atoms with van der Waals surface area (Å²) in [6, 6.07) is 9.38. The van der Waals surface area contributed by atoms with E-state index in [1.54, 1.807) is 12.1 Å². The van der Waals surface area contributed by atoms with Gasteiger partial charge < -0.3 is 5.32 Å². The number of hydrogen-bond acceptors (Lipinski definition) is 1. The average Bonchev–Trinajstić information content (AvgIpc) is 2.42. The van der Waals surface area contributed by atoms with Crippen LogP contribution in [-0.2, 0) is 0 Å². The van der Waals surface area contributed by atoms with Crippen LogP contribution in [0.15, 0.2) is 36.4 Å². The molecule has 21 heavy (non-hydrogen) atoms. The normalized spacial score (nSPS) is 12.4. The van der Waals surface area contributed by atoms with Crippen molar-refractivity contribution in [1.29, 1.82) is 0 Å². The van der Waals surface area contributed by atoms with Crippen LogP contribution in [0.25, 0.3) is 0 Å². The van der Waals surface area contributed by atoms with Crippen LogP contribution in [-0.4, -0.2) is 6.54 Å². The third kappa shape index (κ3) is 3.80. The highest BCUT2D eigenvalue weighted by atomic mass is 35.5. The first-order valence-corrected chi connectivity index (χ1v) is 7.35. The van der Waals surface area contributed by atoms with Gasteiger partial charge in [0.25, 0.3) is 0 Å². The van der Waals surface area contributed by atoms with Crippen LogP contribution in [0.4, 0.5) is 8.78 Å². The van der Waals surface area contributed by atoms with Crippen molar-refractivity contribution in [3.63, 3.8) is 0 Å². The molecule has 1 atom stereocenters. The van der Waals surface area contributed by atoms with E-state index in [1.807, 2.05) is 26.0 Å². The van der Waals surface area contributed by atoms with Crippen LogP contribution in [0, 0.1) is 18.6 Å². The third-order valence-corrected chi connectivity index (χ3v) is 3.51. The Bertz CT molecular complexity index is 608. The molecule has 0 bridgehead atoms. The highest BCUT2D eigenvalue weighted by molar-refractivity contribution is 6.30. The number of nitrogens with one attached hydrogen (secondary N) is 1. The van der Waals surface area contributed by atoms with E-state index < -0.39 is 17.7 Å². The minimum Gasteiger partial charge on any atom is -0.306 e. The van der Waals surface area contributed by atoms with Crippen molar-refractivity contribution in [3.8, 4) is 0 Å². The number of rotatable bonds is 5. The van der Waals surface area contributed by atoms with Gasteiger partial charge in [-0.2, -0.15) is 0 Å². The predicted molar refractivity (Wildman–Crippen MR) is 82.7 cm³/mol. The molecular formula is C17H18ClF2N. The Morgan fingerprint density at radius 3 is 2.62 bits per heavy atom. The summed E-state index contributed by atoms with van der Waals surface area (Å²) in [6.45, 7) is 4.65. The summed E-state index contributed by atoms with van der Waals surface area (Å²) in [5.74, 6) is -1.65. The molecule has 0 aliphatic rings. The fourth-order valence-corrected chi connectivity index (χ4v) is 2.67. The largest absolute Gasteiger partial charge is 0.306 e. The standard InChI is InChI=1S/C17H18ClF2N/c1-3-7-21-17(12-8-11(2)9-13(18)10-12)14-5-4-6-15(19)16(14)20/h4-6,8-10,17,21H,3,7H2,1-2H3. The van der Waals surface area contributed by atoms with Gasteiger partial charge in [0.05, 0.1) is 6.04 Å². The van der Waals surface area contributed by atoms with E-state index in [0.29, 0.717) is 17.1 Å². The zero-order valence-corrected chi connectivity index (χ0v) is 12.8. The zero-order valence-electron chi connectivity index (χ0n) is 12.1. The lowest BCUT2D eigenvalue weighted by Gasteiger charge is -2.21. The Morgan fingerprint density at radius 2 is 1.95 bits per heavy atom.